The van der Waals surface area contributed by atoms with Crippen LogP contribution >= 0.6 is 15.9 Å². The number of benzene rings is 1. The molecule has 1 aromatic carbocycles. The van der Waals surface area contributed by atoms with Crippen molar-refractivity contribution in [1.29, 1.82) is 0 Å². The van der Waals surface area contributed by atoms with E-state index in [2.05, 4.69) is 15.9 Å². The van der Waals surface area contributed by atoms with Gasteiger partial charge in [-0.25, -0.2) is 0 Å². The zero-order valence-electron chi connectivity index (χ0n) is 12.1. The Kier molecular flexibility index (Phi) is 6.29. The van der Waals surface area contributed by atoms with Gasteiger partial charge in [0.25, 0.3) is 5.91 Å². The average molecular weight is 346 g/mol. The number of methoxy groups -OCH3 is 2. The highest BCUT2D eigenvalue weighted by molar-refractivity contribution is 9.10. The molecule has 6 heteroatoms. The number of carbonyl (C=O) groups is 1. The highest BCUT2D eigenvalue weighted by Gasteiger charge is 2.21. The van der Waals surface area contributed by atoms with Crippen molar-refractivity contribution in [3.8, 4) is 11.5 Å². The van der Waals surface area contributed by atoms with E-state index in [1.165, 1.54) is 14.2 Å². The zero-order chi connectivity index (χ0) is 15.3. The fraction of sp³-hybridized carbons (Fsp3) is 0.500. The number of aliphatic hydroxyl groups is 1. The normalized spacial score (nSPS) is 10.6. The number of rotatable bonds is 6. The first kappa shape index (κ1) is 16.8. The van der Waals surface area contributed by atoms with E-state index in [0.717, 1.165) is 0 Å². The summed E-state index contributed by atoms with van der Waals surface area (Å²) in [4.78, 5) is 14.1. The number of nitrogens with zero attached hydrogens (tertiary/aromatic N) is 1. The molecule has 0 unspecified atom stereocenters. The second-order valence-electron chi connectivity index (χ2n) is 4.51. The minimum atomic E-state index is -0.168. The first-order valence-electron chi connectivity index (χ1n) is 6.29. The number of halogens is 1. The summed E-state index contributed by atoms with van der Waals surface area (Å²) in [5.74, 6) is 0.888. The molecule has 0 radical (unpaired) electrons. The number of hydrogen-bond donors (Lipinski definition) is 1. The number of carbonyl (C=O) groups excluding carboxylic acids is 1. The van der Waals surface area contributed by atoms with Gasteiger partial charge < -0.3 is 19.5 Å². The maximum Gasteiger partial charge on any atom is 0.254 e. The molecule has 0 bridgehead atoms. The minimum absolute atomic E-state index is 0.00436. The summed E-state index contributed by atoms with van der Waals surface area (Å²) in [6, 6.07) is 3.30. The Morgan fingerprint density at radius 2 is 1.80 bits per heavy atom. The van der Waals surface area contributed by atoms with Crippen LogP contribution in [-0.2, 0) is 0 Å². The number of hydrogen-bond acceptors (Lipinski definition) is 4. The molecule has 0 spiro atoms. The Morgan fingerprint density at radius 1 is 1.30 bits per heavy atom. The van der Waals surface area contributed by atoms with E-state index in [-0.39, 0.29) is 25.1 Å². The lowest BCUT2D eigenvalue weighted by molar-refractivity contribution is 0.0664. The van der Waals surface area contributed by atoms with E-state index in [1.54, 1.807) is 17.0 Å². The number of ether oxygens (including phenoxy) is 2. The second kappa shape index (κ2) is 7.50. The van der Waals surface area contributed by atoms with Crippen LogP contribution in [0.1, 0.15) is 24.2 Å². The van der Waals surface area contributed by atoms with Crippen molar-refractivity contribution in [3.05, 3.63) is 22.2 Å². The lowest BCUT2D eigenvalue weighted by atomic mass is 10.1. The molecule has 0 aliphatic rings. The van der Waals surface area contributed by atoms with Gasteiger partial charge in [-0.1, -0.05) is 0 Å². The van der Waals surface area contributed by atoms with Crippen LogP contribution in [-0.4, -0.2) is 49.3 Å². The summed E-state index contributed by atoms with van der Waals surface area (Å²) in [5.41, 5.74) is 0.462. The van der Waals surface area contributed by atoms with Gasteiger partial charge in [-0.15, -0.1) is 0 Å². The molecular formula is C14H20BrNO4. The molecule has 1 amide bonds. The van der Waals surface area contributed by atoms with Crippen LogP contribution in [0.25, 0.3) is 0 Å². The third-order valence-corrected chi connectivity index (χ3v) is 3.70. The highest BCUT2D eigenvalue weighted by Crippen LogP contribution is 2.36. The Morgan fingerprint density at radius 3 is 2.15 bits per heavy atom. The highest BCUT2D eigenvalue weighted by atomic mass is 79.9. The Bertz CT molecular complexity index is 451. The van der Waals surface area contributed by atoms with Crippen molar-refractivity contribution in [2.24, 2.45) is 0 Å². The zero-order valence-corrected chi connectivity index (χ0v) is 13.7. The molecule has 1 aromatic rings. The molecular weight excluding hydrogens is 326 g/mol. The van der Waals surface area contributed by atoms with Crippen molar-refractivity contribution in [2.45, 2.75) is 19.9 Å². The molecule has 1 rings (SSSR count). The van der Waals surface area contributed by atoms with Crippen molar-refractivity contribution < 1.29 is 19.4 Å². The van der Waals surface area contributed by atoms with Crippen LogP contribution in [0.4, 0.5) is 0 Å². The van der Waals surface area contributed by atoms with Crippen LogP contribution in [0.2, 0.25) is 0 Å². The smallest absolute Gasteiger partial charge is 0.254 e. The molecule has 0 aromatic heterocycles. The average Bonchev–Trinajstić information content (AvgIpc) is 2.43. The van der Waals surface area contributed by atoms with E-state index < -0.39 is 0 Å². The predicted molar refractivity (Wildman–Crippen MR) is 80.5 cm³/mol. The van der Waals surface area contributed by atoms with Crippen LogP contribution < -0.4 is 9.47 Å². The minimum Gasteiger partial charge on any atom is -0.495 e. The van der Waals surface area contributed by atoms with E-state index >= 15 is 0 Å². The third-order valence-electron chi connectivity index (χ3n) is 2.92. The molecule has 0 aliphatic carbocycles. The van der Waals surface area contributed by atoms with Crippen molar-refractivity contribution in [1.82, 2.24) is 4.90 Å². The maximum atomic E-state index is 12.5. The van der Waals surface area contributed by atoms with Gasteiger partial charge in [0.2, 0.25) is 0 Å². The lowest BCUT2D eigenvalue weighted by Gasteiger charge is -2.26. The van der Waals surface area contributed by atoms with E-state index in [0.29, 0.717) is 21.5 Å². The monoisotopic (exact) mass is 345 g/mol. The molecule has 0 saturated heterocycles. The topological polar surface area (TPSA) is 59.0 Å². The van der Waals surface area contributed by atoms with E-state index in [9.17, 15) is 4.79 Å². The first-order chi connectivity index (χ1) is 9.46. The van der Waals surface area contributed by atoms with Gasteiger partial charge in [0, 0.05) is 18.2 Å². The van der Waals surface area contributed by atoms with E-state index in [4.69, 9.17) is 14.6 Å². The van der Waals surface area contributed by atoms with Gasteiger partial charge >= 0.3 is 0 Å². The summed E-state index contributed by atoms with van der Waals surface area (Å²) in [6.45, 7) is 4.02. The third kappa shape index (κ3) is 3.64. The quantitative estimate of drug-likeness (QED) is 0.859. The molecule has 1 N–H and O–H groups in total. The maximum absolute atomic E-state index is 12.5. The Balaban J connectivity index is 3.20. The fourth-order valence-electron chi connectivity index (χ4n) is 1.86. The first-order valence-corrected chi connectivity index (χ1v) is 7.08. The number of aliphatic hydroxyl groups excluding tert-OH is 1. The molecule has 112 valence electrons. The molecule has 0 saturated carbocycles. The summed E-state index contributed by atoms with van der Waals surface area (Å²) in [5, 5.41) is 9.08. The van der Waals surface area contributed by atoms with Crippen LogP contribution in [0, 0.1) is 0 Å². The molecule has 0 atom stereocenters. The largest absolute Gasteiger partial charge is 0.495 e. The lowest BCUT2D eigenvalue weighted by Crippen LogP contribution is -2.39. The molecule has 0 heterocycles. The van der Waals surface area contributed by atoms with Gasteiger partial charge in [-0.2, -0.15) is 0 Å². The Labute approximate surface area is 127 Å². The van der Waals surface area contributed by atoms with Crippen LogP contribution in [0.3, 0.4) is 0 Å². The van der Waals surface area contributed by atoms with Gasteiger partial charge in [-0.05, 0) is 41.9 Å². The predicted octanol–water partition coefficient (Wildman–Crippen LogP) is 2.31. The molecule has 0 fully saturated rings. The van der Waals surface area contributed by atoms with Gasteiger partial charge in [0.1, 0.15) is 16.0 Å². The van der Waals surface area contributed by atoms with Crippen LogP contribution in [0.5, 0.6) is 11.5 Å². The summed E-state index contributed by atoms with van der Waals surface area (Å²) >= 11 is 3.37. The number of amides is 1. The standard InChI is InChI=1S/C14H20BrNO4/c1-9(2)16(5-6-17)14(18)10-7-11(19-3)13(15)12(8-10)20-4/h7-9,17H,5-6H2,1-4H3. The summed E-state index contributed by atoms with van der Waals surface area (Å²) < 4.78 is 11.1. The molecule has 20 heavy (non-hydrogen) atoms. The van der Waals surface area contributed by atoms with Gasteiger partial charge in [0.05, 0.1) is 20.8 Å². The van der Waals surface area contributed by atoms with Gasteiger partial charge in [-0.3, -0.25) is 4.79 Å². The SMILES string of the molecule is COc1cc(C(=O)N(CCO)C(C)C)cc(OC)c1Br. The molecule has 0 aliphatic heterocycles. The van der Waals surface area contributed by atoms with Crippen molar-refractivity contribution >= 4 is 21.8 Å². The van der Waals surface area contributed by atoms with Crippen molar-refractivity contribution in [2.75, 3.05) is 27.4 Å². The Hall–Kier alpha value is -1.27. The van der Waals surface area contributed by atoms with Gasteiger partial charge in [0.15, 0.2) is 0 Å². The van der Waals surface area contributed by atoms with Crippen molar-refractivity contribution in [3.63, 3.8) is 0 Å². The fourth-order valence-corrected chi connectivity index (χ4v) is 2.41. The second-order valence-corrected chi connectivity index (χ2v) is 5.30. The van der Waals surface area contributed by atoms with Crippen LogP contribution in [0.15, 0.2) is 16.6 Å². The van der Waals surface area contributed by atoms with E-state index in [1.807, 2.05) is 13.8 Å². The molecule has 5 nitrogen and oxygen atoms in total. The summed E-state index contributed by atoms with van der Waals surface area (Å²) in [6.07, 6.45) is 0. The summed E-state index contributed by atoms with van der Waals surface area (Å²) in [7, 11) is 3.06.